The minimum atomic E-state index is 0.962. The van der Waals surface area contributed by atoms with Crippen molar-refractivity contribution < 1.29 is 0 Å². The van der Waals surface area contributed by atoms with E-state index in [0.29, 0.717) is 0 Å². The highest BCUT2D eigenvalue weighted by molar-refractivity contribution is 7.18. The summed E-state index contributed by atoms with van der Waals surface area (Å²) in [5.74, 6) is 0. The molecule has 0 saturated heterocycles. The monoisotopic (exact) mass is 528 g/mol. The smallest absolute Gasteiger partial charge is 0.0716 e. The number of para-hydroxylation sites is 1. The van der Waals surface area contributed by atoms with Gasteiger partial charge in [0, 0.05) is 32.3 Å². The largest absolute Gasteiger partial charge is 0.309 e. The van der Waals surface area contributed by atoms with Gasteiger partial charge >= 0.3 is 0 Å². The van der Waals surface area contributed by atoms with Gasteiger partial charge in [0.2, 0.25) is 0 Å². The van der Waals surface area contributed by atoms with Gasteiger partial charge in [-0.25, -0.2) is 4.98 Å². The van der Waals surface area contributed by atoms with Gasteiger partial charge in [-0.15, -0.1) is 11.3 Å². The molecule has 40 heavy (non-hydrogen) atoms. The number of hydrogen-bond donors (Lipinski definition) is 0. The predicted octanol–water partition coefficient (Wildman–Crippen LogP) is 10.4. The molecular weight excluding hydrogens is 504 g/mol. The van der Waals surface area contributed by atoms with Crippen LogP contribution < -0.4 is 0 Å². The summed E-state index contributed by atoms with van der Waals surface area (Å²) in [6.07, 6.45) is 0. The Morgan fingerprint density at radius 2 is 1.20 bits per heavy atom. The summed E-state index contributed by atoms with van der Waals surface area (Å²) in [7, 11) is 0. The van der Waals surface area contributed by atoms with Crippen molar-refractivity contribution in [3.8, 4) is 39.3 Å². The first-order chi connectivity index (χ1) is 19.8. The average molecular weight is 529 g/mol. The lowest BCUT2D eigenvalue weighted by molar-refractivity contribution is 1.18. The highest BCUT2D eigenvalue weighted by Gasteiger charge is 2.16. The maximum atomic E-state index is 5.17. The fraction of sp³-hybridized carbons (Fsp3) is 0. The number of fused-ring (bicyclic) bond motifs is 5. The highest BCUT2D eigenvalue weighted by Crippen LogP contribution is 2.39. The van der Waals surface area contributed by atoms with Gasteiger partial charge < -0.3 is 4.57 Å². The van der Waals surface area contributed by atoms with E-state index in [-0.39, 0.29) is 0 Å². The Hall–Kier alpha value is -4.99. The van der Waals surface area contributed by atoms with E-state index in [1.807, 2.05) is 17.4 Å². The number of nitrogens with zero attached hydrogens (tertiary/aromatic N) is 2. The summed E-state index contributed by atoms with van der Waals surface area (Å²) in [5, 5.41) is 6.09. The third-order valence-corrected chi connectivity index (χ3v) is 8.60. The molecule has 0 spiro atoms. The molecule has 0 aliphatic heterocycles. The van der Waals surface area contributed by atoms with Crippen LogP contribution in [0.5, 0.6) is 0 Å². The number of pyridine rings is 1. The molecule has 0 N–H and O–H groups in total. The van der Waals surface area contributed by atoms with E-state index >= 15 is 0 Å². The van der Waals surface area contributed by atoms with E-state index in [9.17, 15) is 0 Å². The number of hydrogen-bond acceptors (Lipinski definition) is 2. The first kappa shape index (κ1) is 22.9. The standard InChI is InChI=1S/C37H24N2S/c1-3-10-25(11-4-1)29-23-32(26-12-5-2-6-13-26)38-33(24-29)28-14-9-15-30(22-28)39-34-17-8-7-16-31(34)36-35(39)19-18-27-20-21-40-37(27)36/h1-24H. The van der Waals surface area contributed by atoms with Gasteiger partial charge in [0.1, 0.15) is 0 Å². The first-order valence-electron chi connectivity index (χ1n) is 13.5. The SMILES string of the molecule is c1ccc(-c2cc(-c3ccccc3)nc(-c3cccc(-n4c5ccccc5c5c6sccc6ccc54)c3)c2)cc1. The van der Waals surface area contributed by atoms with Crippen LogP contribution in [-0.4, -0.2) is 9.55 Å². The predicted molar refractivity (Wildman–Crippen MR) is 170 cm³/mol. The molecule has 0 unspecified atom stereocenters. The van der Waals surface area contributed by atoms with Gasteiger partial charge in [-0.05, 0) is 64.4 Å². The maximum absolute atomic E-state index is 5.17. The lowest BCUT2D eigenvalue weighted by atomic mass is 10.00. The van der Waals surface area contributed by atoms with Crippen molar-refractivity contribution in [1.29, 1.82) is 0 Å². The zero-order valence-electron chi connectivity index (χ0n) is 21.7. The molecule has 0 atom stereocenters. The summed E-state index contributed by atoms with van der Waals surface area (Å²) in [6, 6.07) is 49.6. The van der Waals surface area contributed by atoms with Crippen molar-refractivity contribution in [3.63, 3.8) is 0 Å². The summed E-state index contributed by atoms with van der Waals surface area (Å²) in [6.45, 7) is 0. The summed E-state index contributed by atoms with van der Waals surface area (Å²) < 4.78 is 3.74. The molecule has 8 aromatic rings. The topological polar surface area (TPSA) is 17.8 Å². The third-order valence-electron chi connectivity index (χ3n) is 7.66. The highest BCUT2D eigenvalue weighted by atomic mass is 32.1. The molecular formula is C37H24N2S. The summed E-state index contributed by atoms with van der Waals surface area (Å²) in [4.78, 5) is 5.17. The van der Waals surface area contributed by atoms with Crippen molar-refractivity contribution in [1.82, 2.24) is 9.55 Å². The molecule has 0 radical (unpaired) electrons. The maximum Gasteiger partial charge on any atom is 0.0716 e. The Bertz CT molecular complexity index is 2100. The molecule has 3 heteroatoms. The molecule has 5 aromatic carbocycles. The molecule has 0 saturated carbocycles. The molecule has 2 nitrogen and oxygen atoms in total. The van der Waals surface area contributed by atoms with Crippen molar-refractivity contribution in [2.24, 2.45) is 0 Å². The van der Waals surface area contributed by atoms with Crippen molar-refractivity contribution in [2.75, 3.05) is 0 Å². The number of rotatable bonds is 4. The fourth-order valence-corrected chi connectivity index (χ4v) is 6.75. The number of benzene rings is 5. The van der Waals surface area contributed by atoms with Gasteiger partial charge in [-0.2, -0.15) is 0 Å². The Morgan fingerprint density at radius 1 is 0.500 bits per heavy atom. The van der Waals surface area contributed by atoms with Crippen LogP contribution in [0.4, 0.5) is 0 Å². The van der Waals surface area contributed by atoms with E-state index in [2.05, 4.69) is 143 Å². The van der Waals surface area contributed by atoms with E-state index in [0.717, 1.165) is 33.8 Å². The third kappa shape index (κ3) is 3.75. The lowest BCUT2D eigenvalue weighted by Crippen LogP contribution is -1.96. The van der Waals surface area contributed by atoms with Crippen LogP contribution in [0.15, 0.2) is 145 Å². The Morgan fingerprint density at radius 3 is 2.02 bits per heavy atom. The van der Waals surface area contributed by atoms with Crippen LogP contribution in [0.3, 0.4) is 0 Å². The van der Waals surface area contributed by atoms with Gasteiger partial charge in [0.05, 0.1) is 22.4 Å². The quantitative estimate of drug-likeness (QED) is 0.222. The molecule has 0 amide bonds. The van der Waals surface area contributed by atoms with Gasteiger partial charge in [-0.1, -0.05) is 97.1 Å². The molecule has 3 heterocycles. The lowest BCUT2D eigenvalue weighted by Gasteiger charge is -2.13. The molecule has 188 valence electrons. The van der Waals surface area contributed by atoms with Gasteiger partial charge in [0.25, 0.3) is 0 Å². The summed E-state index contributed by atoms with van der Waals surface area (Å²) in [5.41, 5.74) is 10.1. The second-order valence-corrected chi connectivity index (χ2v) is 11.0. The number of aromatic nitrogens is 2. The molecule has 0 aliphatic carbocycles. The normalized spacial score (nSPS) is 11.5. The van der Waals surface area contributed by atoms with Crippen molar-refractivity contribution in [2.45, 2.75) is 0 Å². The minimum absolute atomic E-state index is 0.962. The second kappa shape index (κ2) is 9.33. The van der Waals surface area contributed by atoms with Gasteiger partial charge in [-0.3, -0.25) is 0 Å². The average Bonchev–Trinajstić information content (AvgIpc) is 3.64. The van der Waals surface area contributed by atoms with Crippen LogP contribution in [0.25, 0.3) is 71.2 Å². The molecule has 0 fully saturated rings. The van der Waals surface area contributed by atoms with Crippen LogP contribution in [0.2, 0.25) is 0 Å². The Balaban J connectivity index is 1.35. The molecule has 0 aliphatic rings. The Kier molecular flexibility index (Phi) is 5.35. The molecule has 8 rings (SSSR count). The van der Waals surface area contributed by atoms with E-state index in [1.165, 1.54) is 37.5 Å². The first-order valence-corrected chi connectivity index (χ1v) is 14.3. The second-order valence-electron chi connectivity index (χ2n) is 10.1. The zero-order valence-corrected chi connectivity index (χ0v) is 22.5. The van der Waals surface area contributed by atoms with E-state index in [1.54, 1.807) is 0 Å². The van der Waals surface area contributed by atoms with Crippen molar-refractivity contribution in [3.05, 3.63) is 145 Å². The fourth-order valence-electron chi connectivity index (χ4n) is 5.79. The zero-order chi connectivity index (χ0) is 26.5. The van der Waals surface area contributed by atoms with Crippen LogP contribution in [0, 0.1) is 0 Å². The summed E-state index contributed by atoms with van der Waals surface area (Å²) >= 11 is 1.82. The molecule has 0 bridgehead atoms. The number of thiophene rings is 1. The Labute approximate surface area is 236 Å². The van der Waals surface area contributed by atoms with Crippen LogP contribution in [-0.2, 0) is 0 Å². The molecule has 3 aromatic heterocycles. The van der Waals surface area contributed by atoms with Gasteiger partial charge in [0.15, 0.2) is 0 Å². The minimum Gasteiger partial charge on any atom is -0.309 e. The van der Waals surface area contributed by atoms with E-state index < -0.39 is 0 Å². The van der Waals surface area contributed by atoms with E-state index in [4.69, 9.17) is 4.98 Å². The van der Waals surface area contributed by atoms with Crippen LogP contribution >= 0.6 is 11.3 Å². The van der Waals surface area contributed by atoms with Crippen LogP contribution in [0.1, 0.15) is 0 Å². The van der Waals surface area contributed by atoms with Crippen molar-refractivity contribution >= 4 is 43.2 Å².